The topological polar surface area (TPSA) is 186 Å². The molecule has 5 amide bonds. The summed E-state index contributed by atoms with van der Waals surface area (Å²) in [6, 6.07) is 16.6. The van der Waals surface area contributed by atoms with Crippen LogP contribution in [0.5, 0.6) is 5.75 Å². The normalized spacial score (nSPS) is 18.8. The van der Waals surface area contributed by atoms with Gasteiger partial charge in [0.05, 0.1) is 28.4 Å². The molecule has 1 saturated carbocycles. The van der Waals surface area contributed by atoms with Crippen LogP contribution < -0.4 is 10.1 Å². The zero-order valence-electron chi connectivity index (χ0n) is 37.8. The second-order valence-electron chi connectivity index (χ2n) is 18.0. The Morgan fingerprint density at radius 3 is 2.50 bits per heavy atom. The summed E-state index contributed by atoms with van der Waals surface area (Å²) in [7, 11) is 1.88. The molecule has 2 aliphatic carbocycles. The Morgan fingerprint density at radius 1 is 0.956 bits per heavy atom. The molecule has 1 atom stereocenters. The molecule has 5 aromatic rings. The summed E-state index contributed by atoms with van der Waals surface area (Å²) in [4.78, 5) is 83.5. The molecular formula is C51H48ClN7O9. The highest BCUT2D eigenvalue weighted by atomic mass is 35.5. The van der Waals surface area contributed by atoms with Gasteiger partial charge in [0.2, 0.25) is 11.8 Å². The highest BCUT2D eigenvalue weighted by Gasteiger charge is 2.52. The number of hydrogen-bond acceptors (Lipinski definition) is 10. The van der Waals surface area contributed by atoms with E-state index in [0.717, 1.165) is 67.7 Å². The molecule has 2 aromatic heterocycles. The molecule has 3 aromatic carbocycles. The number of hydrogen-bond donors (Lipinski definition) is 2. The number of carboxylic acid groups (broad SMARTS) is 1. The maximum Gasteiger partial charge on any atom is 0.352 e. The fraction of sp³-hybridized carbons (Fsp3) is 0.353. The lowest BCUT2D eigenvalue weighted by Gasteiger charge is -2.42. The average molecular weight is 938 g/mol. The molecule has 10 rings (SSSR count). The van der Waals surface area contributed by atoms with Crippen LogP contribution in [0.3, 0.4) is 0 Å². The number of amides is 5. The first kappa shape index (κ1) is 44.6. The molecule has 2 N–H and O–H groups in total. The van der Waals surface area contributed by atoms with Gasteiger partial charge in [-0.05, 0) is 74.8 Å². The molecular weight excluding hydrogens is 890 g/mol. The number of aromatic nitrogens is 3. The largest absolute Gasteiger partial charge is 0.493 e. The lowest BCUT2D eigenvalue weighted by atomic mass is 9.98. The Hall–Kier alpha value is -7.22. The number of nitrogens with one attached hydrogen (secondary N) is 1. The zero-order valence-corrected chi connectivity index (χ0v) is 38.6. The standard InChI is InChI=1S/C51H48ClN7O9/c1-29-42(30(2)55(3)54-29)44-36(52)17-16-34-33(13-8-26-67-38-14-6-10-31-9-4-5-11-32(31)38)46(50(65)66)58(45(34)44)25-24-57-23-22-56(28-51(57)20-21-51)41(61)27-68-39-15-7-12-35-43(39)49(64)59(48(35)63)37-18-19-40(60)53-47(37)62/h4-6,9-12,14,16-17,37H,8,13,18-28H2,1-3H3,(H,65,66)(H,53,60,62). The molecule has 1 spiro atoms. The maximum atomic E-state index is 13.8. The lowest BCUT2D eigenvalue weighted by Crippen LogP contribution is -2.57. The van der Waals surface area contributed by atoms with Crippen LogP contribution >= 0.6 is 11.6 Å². The van der Waals surface area contributed by atoms with Crippen LogP contribution in [0.1, 0.15) is 59.5 Å². The third-order valence-corrected chi connectivity index (χ3v) is 14.3. The SMILES string of the molecule is Cc1nn(C)c(C)c1-c1c(Cl)ccc2c(CCCOc3cccc4ccccc34)c(C(=O)O)n(CCN3CCN(C(=O)COC4=C=C=CC5=C4C(=O)N(C4CCC(=O)NC4=O)C5=O)CC34CC4)c12. The fourth-order valence-electron chi connectivity index (χ4n) is 10.5. The molecule has 3 aliphatic heterocycles. The van der Waals surface area contributed by atoms with E-state index in [1.54, 1.807) is 9.58 Å². The van der Waals surface area contributed by atoms with Gasteiger partial charge >= 0.3 is 5.97 Å². The van der Waals surface area contributed by atoms with Crippen molar-refractivity contribution in [1.29, 1.82) is 0 Å². The summed E-state index contributed by atoms with van der Waals surface area (Å²) >= 11 is 7.11. The van der Waals surface area contributed by atoms with E-state index in [1.807, 2.05) is 80.1 Å². The number of rotatable bonds is 14. The van der Waals surface area contributed by atoms with Gasteiger partial charge in [-0.3, -0.25) is 43.8 Å². The average Bonchev–Trinajstić information content (AvgIpc) is 3.86. The predicted octanol–water partition coefficient (Wildman–Crippen LogP) is 5.55. The van der Waals surface area contributed by atoms with Gasteiger partial charge in [-0.25, -0.2) is 4.79 Å². The van der Waals surface area contributed by atoms with Gasteiger partial charge in [0.25, 0.3) is 17.7 Å². The number of piperazine rings is 1. The summed E-state index contributed by atoms with van der Waals surface area (Å²) in [6.45, 7) is 6.01. The van der Waals surface area contributed by atoms with Crippen LogP contribution in [-0.4, -0.2) is 121 Å². The van der Waals surface area contributed by atoms with Gasteiger partial charge in [-0.1, -0.05) is 59.8 Å². The molecule has 68 heavy (non-hydrogen) atoms. The van der Waals surface area contributed by atoms with Gasteiger partial charge in [0.1, 0.15) is 23.1 Å². The molecule has 348 valence electrons. The van der Waals surface area contributed by atoms with E-state index in [2.05, 4.69) is 21.7 Å². The Balaban J connectivity index is 0.864. The number of halogens is 1. The fourth-order valence-corrected chi connectivity index (χ4v) is 10.7. The molecule has 2 saturated heterocycles. The number of piperidine rings is 1. The third kappa shape index (κ3) is 7.69. The molecule has 5 heterocycles. The van der Waals surface area contributed by atoms with Gasteiger partial charge in [0, 0.05) is 85.4 Å². The maximum absolute atomic E-state index is 13.8. The smallest absolute Gasteiger partial charge is 0.352 e. The van der Waals surface area contributed by atoms with Gasteiger partial charge in [-0.15, -0.1) is 0 Å². The second-order valence-corrected chi connectivity index (χ2v) is 18.4. The first-order chi connectivity index (χ1) is 32.8. The van der Waals surface area contributed by atoms with E-state index in [9.17, 15) is 33.9 Å². The van der Waals surface area contributed by atoms with Crippen molar-refractivity contribution in [2.24, 2.45) is 7.05 Å². The molecule has 3 fully saturated rings. The van der Waals surface area contributed by atoms with Crippen LogP contribution in [-0.2, 0) is 48.7 Å². The monoisotopic (exact) mass is 937 g/mol. The minimum atomic E-state index is -1.16. The van der Waals surface area contributed by atoms with E-state index in [1.165, 1.54) is 6.08 Å². The summed E-state index contributed by atoms with van der Waals surface area (Å²) in [5.74, 6) is -3.40. The van der Waals surface area contributed by atoms with Crippen molar-refractivity contribution in [3.8, 4) is 16.9 Å². The number of fused-ring (bicyclic) bond motifs is 2. The van der Waals surface area contributed by atoms with Gasteiger partial charge in [-0.2, -0.15) is 5.10 Å². The predicted molar refractivity (Wildman–Crippen MR) is 250 cm³/mol. The number of benzene rings is 3. The number of aryl methyl sites for hydroxylation is 3. The van der Waals surface area contributed by atoms with Gasteiger partial charge in [0.15, 0.2) is 12.4 Å². The van der Waals surface area contributed by atoms with Crippen LogP contribution in [0, 0.1) is 13.8 Å². The minimum Gasteiger partial charge on any atom is -0.493 e. The Labute approximate surface area is 395 Å². The van der Waals surface area contributed by atoms with E-state index >= 15 is 0 Å². The van der Waals surface area contributed by atoms with Crippen molar-refractivity contribution < 1.29 is 43.3 Å². The molecule has 17 heteroatoms. The quantitative estimate of drug-likeness (QED) is 0.0809. The minimum absolute atomic E-state index is 0.000520. The van der Waals surface area contributed by atoms with Crippen molar-refractivity contribution in [1.82, 2.24) is 34.4 Å². The highest BCUT2D eigenvalue weighted by molar-refractivity contribution is 6.35. The van der Waals surface area contributed by atoms with Crippen molar-refractivity contribution in [3.63, 3.8) is 0 Å². The molecule has 16 nitrogen and oxygen atoms in total. The number of ether oxygens (including phenoxy) is 2. The van der Waals surface area contributed by atoms with Crippen LogP contribution in [0.15, 0.2) is 89.0 Å². The third-order valence-electron chi connectivity index (χ3n) is 14.0. The van der Waals surface area contributed by atoms with Crippen LogP contribution in [0.2, 0.25) is 5.02 Å². The van der Waals surface area contributed by atoms with Crippen molar-refractivity contribution in [2.75, 3.05) is 39.4 Å². The summed E-state index contributed by atoms with van der Waals surface area (Å²) in [5.41, 5.74) is 9.87. The number of nitrogens with zero attached hydrogens (tertiary/aromatic N) is 6. The number of aromatic carboxylic acids is 1. The number of carbonyl (C=O) groups is 6. The first-order valence-electron chi connectivity index (χ1n) is 22.8. The zero-order chi connectivity index (χ0) is 47.6. The van der Waals surface area contributed by atoms with Gasteiger partial charge < -0.3 is 24.0 Å². The first-order valence-corrected chi connectivity index (χ1v) is 23.2. The highest BCUT2D eigenvalue weighted by Crippen LogP contribution is 2.46. The summed E-state index contributed by atoms with van der Waals surface area (Å²) < 4.78 is 15.9. The van der Waals surface area contributed by atoms with E-state index in [4.69, 9.17) is 26.2 Å². The van der Waals surface area contributed by atoms with Crippen molar-refractivity contribution in [3.05, 3.63) is 117 Å². The lowest BCUT2D eigenvalue weighted by molar-refractivity contribution is -0.150. The van der Waals surface area contributed by atoms with Crippen LogP contribution in [0.25, 0.3) is 32.8 Å². The number of carboxylic acids is 1. The van der Waals surface area contributed by atoms with Crippen LogP contribution in [0.4, 0.5) is 0 Å². The van der Waals surface area contributed by atoms with E-state index in [0.29, 0.717) is 62.8 Å². The summed E-state index contributed by atoms with van der Waals surface area (Å²) in [5, 5.41) is 21.3. The Morgan fingerprint density at radius 2 is 1.75 bits per heavy atom. The second kappa shape index (κ2) is 17.5. The van der Waals surface area contributed by atoms with E-state index < -0.39 is 42.2 Å². The molecule has 0 radical (unpaired) electrons. The number of carbonyl (C=O) groups excluding carboxylic acids is 5. The molecule has 1 unspecified atom stereocenters. The number of imide groups is 2. The van der Waals surface area contributed by atoms with Crippen molar-refractivity contribution in [2.45, 2.75) is 70.5 Å². The molecule has 0 bridgehead atoms. The van der Waals surface area contributed by atoms with Crippen molar-refractivity contribution >= 4 is 68.8 Å². The summed E-state index contributed by atoms with van der Waals surface area (Å²) in [6.07, 6.45) is 3.96. The Kier molecular flexibility index (Phi) is 11.5. The Bertz CT molecular complexity index is 3180. The van der Waals surface area contributed by atoms with E-state index in [-0.39, 0.29) is 46.9 Å². The molecule has 5 aliphatic rings.